The maximum Gasteiger partial charge on any atom is 0.195 e. The Balaban J connectivity index is 2.36. The number of carbonyl (C=O) groups excluding carboxylic acids is 1. The molecule has 2 nitrogen and oxygen atoms in total. The first-order valence-corrected chi connectivity index (χ1v) is 5.78. The van der Waals surface area contributed by atoms with Crippen LogP contribution in [0.1, 0.15) is 21.6 Å². The molecule has 1 aliphatic rings. The summed E-state index contributed by atoms with van der Waals surface area (Å²) >= 11 is 3.38. The highest BCUT2D eigenvalue weighted by Gasteiger charge is 2.27. The molecule has 0 saturated carbocycles. The Labute approximate surface area is 101 Å². The van der Waals surface area contributed by atoms with Gasteiger partial charge in [-0.3, -0.25) is 9.78 Å². The summed E-state index contributed by atoms with van der Waals surface area (Å²) in [5, 5.41) is 0. The molecule has 0 radical (unpaired) electrons. The van der Waals surface area contributed by atoms with E-state index in [0.29, 0.717) is 5.56 Å². The lowest BCUT2D eigenvalue weighted by Gasteiger charge is -1.99. The molecule has 0 aliphatic heterocycles. The van der Waals surface area contributed by atoms with Gasteiger partial charge in [0.15, 0.2) is 5.78 Å². The van der Waals surface area contributed by atoms with Crippen LogP contribution in [0.4, 0.5) is 0 Å². The van der Waals surface area contributed by atoms with Crippen molar-refractivity contribution in [3.8, 4) is 11.3 Å². The number of ketones is 1. The Hall–Kier alpha value is -1.48. The molecular weight excluding hydrogens is 266 g/mol. The van der Waals surface area contributed by atoms with Gasteiger partial charge in [0.2, 0.25) is 0 Å². The Morgan fingerprint density at radius 1 is 1.06 bits per heavy atom. The molecule has 1 aromatic carbocycles. The summed E-state index contributed by atoms with van der Waals surface area (Å²) in [6, 6.07) is 9.46. The number of benzene rings is 1. The molecule has 0 N–H and O–H groups in total. The summed E-state index contributed by atoms with van der Waals surface area (Å²) in [5.41, 5.74) is 4.13. The first-order chi connectivity index (χ1) is 7.66. The third-order valence-electron chi connectivity index (χ3n) is 2.76. The van der Waals surface area contributed by atoms with Crippen molar-refractivity contribution in [1.82, 2.24) is 4.98 Å². The first-order valence-electron chi connectivity index (χ1n) is 4.99. The molecule has 0 fully saturated rings. The summed E-state index contributed by atoms with van der Waals surface area (Å²) < 4.78 is 0.920. The summed E-state index contributed by atoms with van der Waals surface area (Å²) in [6.45, 7) is 1.93. The van der Waals surface area contributed by atoms with Crippen molar-refractivity contribution in [3.05, 3.63) is 51.6 Å². The highest BCUT2D eigenvalue weighted by Crippen LogP contribution is 2.36. The minimum absolute atomic E-state index is 0.0683. The van der Waals surface area contributed by atoms with Crippen LogP contribution in [0.15, 0.2) is 34.8 Å². The van der Waals surface area contributed by atoms with Crippen LogP contribution in [0.2, 0.25) is 0 Å². The topological polar surface area (TPSA) is 30.0 Å². The molecule has 0 atom stereocenters. The van der Waals surface area contributed by atoms with Crippen molar-refractivity contribution in [2.24, 2.45) is 0 Å². The highest BCUT2D eigenvalue weighted by atomic mass is 79.9. The van der Waals surface area contributed by atoms with E-state index < -0.39 is 0 Å². The lowest BCUT2D eigenvalue weighted by molar-refractivity contribution is 0.104. The van der Waals surface area contributed by atoms with Crippen molar-refractivity contribution >= 4 is 21.7 Å². The molecule has 1 aromatic heterocycles. The maximum absolute atomic E-state index is 12.1. The van der Waals surface area contributed by atoms with Crippen LogP contribution in [0.25, 0.3) is 11.3 Å². The quantitative estimate of drug-likeness (QED) is 0.629. The molecular formula is C13H8BrNO. The van der Waals surface area contributed by atoms with E-state index in [1.54, 1.807) is 0 Å². The molecule has 3 rings (SSSR count). The van der Waals surface area contributed by atoms with E-state index in [-0.39, 0.29) is 5.78 Å². The largest absolute Gasteiger partial charge is 0.289 e. The number of nitrogens with zero attached hydrogens (tertiary/aromatic N) is 1. The molecule has 0 spiro atoms. The van der Waals surface area contributed by atoms with Gasteiger partial charge in [0.1, 0.15) is 0 Å². The number of hydrogen-bond acceptors (Lipinski definition) is 2. The second kappa shape index (κ2) is 3.25. The molecule has 0 amide bonds. The summed E-state index contributed by atoms with van der Waals surface area (Å²) in [7, 11) is 0. The van der Waals surface area contributed by atoms with Gasteiger partial charge in [0, 0.05) is 26.9 Å². The third-order valence-corrected chi connectivity index (χ3v) is 3.25. The predicted octanol–water partition coefficient (Wildman–Crippen LogP) is 3.36. The van der Waals surface area contributed by atoms with Gasteiger partial charge in [0.25, 0.3) is 0 Å². The van der Waals surface area contributed by atoms with Gasteiger partial charge in [-0.2, -0.15) is 0 Å². The zero-order valence-electron chi connectivity index (χ0n) is 8.62. The monoisotopic (exact) mass is 273 g/mol. The number of fused-ring (bicyclic) bond motifs is 3. The molecule has 1 heterocycles. The van der Waals surface area contributed by atoms with E-state index in [9.17, 15) is 4.79 Å². The number of rotatable bonds is 0. The van der Waals surface area contributed by atoms with E-state index in [0.717, 1.165) is 27.0 Å². The molecule has 0 bridgehead atoms. The van der Waals surface area contributed by atoms with E-state index >= 15 is 0 Å². The number of aromatic nitrogens is 1. The second-order valence-electron chi connectivity index (χ2n) is 3.87. The molecule has 3 heteroatoms. The maximum atomic E-state index is 12.1. The van der Waals surface area contributed by atoms with Gasteiger partial charge in [0.05, 0.1) is 5.69 Å². The molecule has 2 aromatic rings. The highest BCUT2D eigenvalue weighted by molar-refractivity contribution is 9.10. The fourth-order valence-electron chi connectivity index (χ4n) is 2.00. The van der Waals surface area contributed by atoms with E-state index in [2.05, 4.69) is 20.9 Å². The van der Waals surface area contributed by atoms with Crippen LogP contribution in [0.5, 0.6) is 0 Å². The van der Waals surface area contributed by atoms with Gasteiger partial charge in [-0.25, -0.2) is 0 Å². The standard InChI is InChI=1S/C13H8BrNO/c1-7-2-4-10-12(15-7)9-5-3-8(14)6-11(9)13(10)16/h2-6H,1H3. The van der Waals surface area contributed by atoms with Gasteiger partial charge < -0.3 is 0 Å². The van der Waals surface area contributed by atoms with Gasteiger partial charge in [-0.15, -0.1) is 0 Å². The fraction of sp³-hybridized carbons (Fsp3) is 0.0769. The minimum atomic E-state index is 0.0683. The Bertz CT molecular complexity index is 619. The zero-order chi connectivity index (χ0) is 11.3. The summed E-state index contributed by atoms with van der Waals surface area (Å²) in [4.78, 5) is 16.5. The van der Waals surface area contributed by atoms with Crippen LogP contribution in [-0.2, 0) is 0 Å². The normalized spacial score (nSPS) is 12.5. The Morgan fingerprint density at radius 3 is 2.62 bits per heavy atom. The zero-order valence-corrected chi connectivity index (χ0v) is 10.2. The third kappa shape index (κ3) is 1.25. The van der Waals surface area contributed by atoms with Crippen LogP contribution in [0.3, 0.4) is 0 Å². The second-order valence-corrected chi connectivity index (χ2v) is 4.78. The van der Waals surface area contributed by atoms with Crippen molar-refractivity contribution in [3.63, 3.8) is 0 Å². The molecule has 78 valence electrons. The van der Waals surface area contributed by atoms with Gasteiger partial charge in [-0.1, -0.05) is 22.0 Å². The lowest BCUT2D eigenvalue weighted by atomic mass is 10.1. The predicted molar refractivity (Wildman–Crippen MR) is 65.5 cm³/mol. The van der Waals surface area contributed by atoms with E-state index in [4.69, 9.17) is 0 Å². The van der Waals surface area contributed by atoms with Crippen LogP contribution < -0.4 is 0 Å². The average Bonchev–Trinajstić information content (AvgIpc) is 2.52. The number of aryl methyl sites for hydroxylation is 1. The average molecular weight is 274 g/mol. The number of halogens is 1. The number of pyridine rings is 1. The first kappa shape index (κ1) is 9.73. The van der Waals surface area contributed by atoms with E-state index in [1.807, 2.05) is 37.3 Å². The summed E-state index contributed by atoms with van der Waals surface area (Å²) in [6.07, 6.45) is 0. The van der Waals surface area contributed by atoms with Crippen molar-refractivity contribution < 1.29 is 4.79 Å². The van der Waals surface area contributed by atoms with Crippen molar-refractivity contribution in [2.75, 3.05) is 0 Å². The number of hydrogen-bond donors (Lipinski definition) is 0. The Kier molecular flexibility index (Phi) is 1.98. The van der Waals surface area contributed by atoms with Crippen LogP contribution in [0, 0.1) is 6.92 Å². The molecule has 1 aliphatic carbocycles. The van der Waals surface area contributed by atoms with Gasteiger partial charge >= 0.3 is 0 Å². The van der Waals surface area contributed by atoms with E-state index in [1.165, 1.54) is 0 Å². The fourth-order valence-corrected chi connectivity index (χ4v) is 2.36. The minimum Gasteiger partial charge on any atom is -0.289 e. The van der Waals surface area contributed by atoms with Crippen LogP contribution in [-0.4, -0.2) is 10.8 Å². The molecule has 0 saturated heterocycles. The SMILES string of the molecule is Cc1ccc2c(n1)-c1ccc(Br)cc1C2=O. The smallest absolute Gasteiger partial charge is 0.195 e. The van der Waals surface area contributed by atoms with Crippen molar-refractivity contribution in [2.45, 2.75) is 6.92 Å². The van der Waals surface area contributed by atoms with Crippen LogP contribution >= 0.6 is 15.9 Å². The lowest BCUT2D eigenvalue weighted by Crippen LogP contribution is -1.95. The summed E-state index contributed by atoms with van der Waals surface area (Å²) in [5.74, 6) is 0.0683. The molecule has 0 unspecified atom stereocenters. The van der Waals surface area contributed by atoms with Crippen molar-refractivity contribution in [1.29, 1.82) is 0 Å². The number of carbonyl (C=O) groups is 1. The Morgan fingerprint density at radius 2 is 1.81 bits per heavy atom. The molecule has 16 heavy (non-hydrogen) atoms. The van der Waals surface area contributed by atoms with Gasteiger partial charge in [-0.05, 0) is 31.2 Å².